The molecule has 1 aliphatic heterocycles. The summed E-state index contributed by atoms with van der Waals surface area (Å²) in [5.74, 6) is 0.860. The first-order valence-corrected chi connectivity index (χ1v) is 8.35. The van der Waals surface area contributed by atoms with Gasteiger partial charge in [0.25, 0.3) is 0 Å². The van der Waals surface area contributed by atoms with Gasteiger partial charge in [0.15, 0.2) is 0 Å². The number of carbonyl (C=O) groups excluding carboxylic acids is 1. The maximum absolute atomic E-state index is 12.8. The van der Waals surface area contributed by atoms with E-state index >= 15 is 0 Å². The van der Waals surface area contributed by atoms with Crippen LogP contribution >= 0.6 is 11.6 Å². The lowest BCUT2D eigenvalue weighted by Crippen LogP contribution is -2.41. The van der Waals surface area contributed by atoms with Crippen molar-refractivity contribution in [3.05, 3.63) is 64.7 Å². The SMILES string of the molecule is CN(C)CC(=O)N1CCOc2ccc(Cl)cc2C1c1ccccc1. The normalized spacial score (nSPS) is 17.2. The predicted molar refractivity (Wildman–Crippen MR) is 95.5 cm³/mol. The summed E-state index contributed by atoms with van der Waals surface area (Å²) < 4.78 is 5.87. The van der Waals surface area contributed by atoms with Gasteiger partial charge in [0.1, 0.15) is 12.4 Å². The summed E-state index contributed by atoms with van der Waals surface area (Å²) in [7, 11) is 3.79. The third-order valence-corrected chi connectivity index (χ3v) is 4.29. The Kier molecular flexibility index (Phi) is 5.07. The van der Waals surface area contributed by atoms with Crippen LogP contribution in [0.3, 0.4) is 0 Å². The Bertz CT molecular complexity index is 719. The third kappa shape index (κ3) is 3.55. The molecule has 0 N–H and O–H groups in total. The van der Waals surface area contributed by atoms with Crippen LogP contribution in [0.15, 0.2) is 48.5 Å². The number of nitrogens with zero attached hydrogens (tertiary/aromatic N) is 2. The Morgan fingerprint density at radius 3 is 2.71 bits per heavy atom. The molecule has 0 bridgehead atoms. The monoisotopic (exact) mass is 344 g/mol. The fourth-order valence-electron chi connectivity index (χ4n) is 3.04. The third-order valence-electron chi connectivity index (χ3n) is 4.05. The number of halogens is 1. The van der Waals surface area contributed by atoms with E-state index in [-0.39, 0.29) is 11.9 Å². The summed E-state index contributed by atoms with van der Waals surface area (Å²) in [6, 6.07) is 15.4. The highest BCUT2D eigenvalue weighted by Gasteiger charge is 2.31. The molecule has 1 unspecified atom stereocenters. The van der Waals surface area contributed by atoms with E-state index in [2.05, 4.69) is 0 Å². The standard InChI is InChI=1S/C19H21ClN2O2/c1-21(2)13-18(23)22-10-11-24-17-9-8-15(20)12-16(17)19(22)14-6-4-3-5-7-14/h3-9,12,19H,10-11,13H2,1-2H3. The molecule has 0 saturated heterocycles. The number of benzene rings is 2. The fourth-order valence-corrected chi connectivity index (χ4v) is 3.22. The second-order valence-electron chi connectivity index (χ2n) is 6.17. The second kappa shape index (κ2) is 7.24. The molecule has 126 valence electrons. The molecule has 1 atom stereocenters. The molecule has 0 aliphatic carbocycles. The van der Waals surface area contributed by atoms with Gasteiger partial charge >= 0.3 is 0 Å². The van der Waals surface area contributed by atoms with E-state index in [0.29, 0.717) is 24.7 Å². The van der Waals surface area contributed by atoms with Gasteiger partial charge in [-0.2, -0.15) is 0 Å². The summed E-state index contributed by atoms with van der Waals surface area (Å²) in [4.78, 5) is 16.6. The van der Waals surface area contributed by atoms with Crippen LogP contribution in [0.2, 0.25) is 5.02 Å². The minimum absolute atomic E-state index is 0.0743. The number of hydrogen-bond acceptors (Lipinski definition) is 3. The van der Waals surface area contributed by atoms with Gasteiger partial charge in [-0.3, -0.25) is 4.79 Å². The van der Waals surface area contributed by atoms with Gasteiger partial charge < -0.3 is 14.5 Å². The van der Waals surface area contributed by atoms with Crippen LogP contribution in [0.25, 0.3) is 0 Å². The van der Waals surface area contributed by atoms with Gasteiger partial charge in [-0.15, -0.1) is 0 Å². The van der Waals surface area contributed by atoms with Crippen LogP contribution < -0.4 is 4.74 Å². The predicted octanol–water partition coefficient (Wildman–Crippen LogP) is 3.21. The van der Waals surface area contributed by atoms with Crippen LogP contribution in [0.1, 0.15) is 17.2 Å². The molecule has 0 fully saturated rings. The minimum Gasteiger partial charge on any atom is -0.491 e. The van der Waals surface area contributed by atoms with Crippen molar-refractivity contribution in [2.75, 3.05) is 33.8 Å². The van der Waals surface area contributed by atoms with Crippen molar-refractivity contribution in [1.82, 2.24) is 9.80 Å². The van der Waals surface area contributed by atoms with Gasteiger partial charge in [-0.25, -0.2) is 0 Å². The van der Waals surface area contributed by atoms with Gasteiger partial charge in [0.05, 0.1) is 19.1 Å². The molecule has 5 heteroatoms. The summed E-state index contributed by atoms with van der Waals surface area (Å²) in [6.45, 7) is 1.37. The molecule has 1 amide bonds. The minimum atomic E-state index is -0.199. The number of likely N-dealkylation sites (N-methyl/N-ethyl adjacent to an activating group) is 1. The number of amides is 1. The van der Waals surface area contributed by atoms with Crippen molar-refractivity contribution >= 4 is 17.5 Å². The lowest BCUT2D eigenvalue weighted by molar-refractivity contribution is -0.133. The van der Waals surface area contributed by atoms with Crippen LogP contribution in [-0.4, -0.2) is 49.5 Å². The lowest BCUT2D eigenvalue weighted by Gasteiger charge is -2.31. The highest BCUT2D eigenvalue weighted by atomic mass is 35.5. The zero-order valence-electron chi connectivity index (χ0n) is 13.9. The Hall–Kier alpha value is -2.04. The average Bonchev–Trinajstić information content (AvgIpc) is 2.74. The molecule has 2 aromatic carbocycles. The van der Waals surface area contributed by atoms with E-state index in [1.54, 1.807) is 0 Å². The molecular formula is C19H21ClN2O2. The van der Waals surface area contributed by atoms with Crippen LogP contribution in [0.5, 0.6) is 5.75 Å². The van der Waals surface area contributed by atoms with Gasteiger partial charge in [0.2, 0.25) is 5.91 Å². The number of carbonyl (C=O) groups is 1. The molecule has 2 aromatic rings. The zero-order valence-corrected chi connectivity index (χ0v) is 14.7. The maximum Gasteiger partial charge on any atom is 0.237 e. The quantitative estimate of drug-likeness (QED) is 0.857. The molecule has 0 aromatic heterocycles. The zero-order chi connectivity index (χ0) is 17.1. The first-order chi connectivity index (χ1) is 11.6. The molecule has 3 rings (SSSR count). The largest absolute Gasteiger partial charge is 0.491 e. The van der Waals surface area contributed by atoms with Crippen LogP contribution in [0, 0.1) is 0 Å². The first-order valence-electron chi connectivity index (χ1n) is 7.97. The van der Waals surface area contributed by atoms with Crippen molar-refractivity contribution in [3.8, 4) is 5.75 Å². The number of hydrogen-bond donors (Lipinski definition) is 0. The maximum atomic E-state index is 12.8. The van der Waals surface area contributed by atoms with E-state index in [1.807, 2.05) is 72.4 Å². The number of rotatable bonds is 3. The van der Waals surface area contributed by atoms with Crippen molar-refractivity contribution in [1.29, 1.82) is 0 Å². The molecule has 24 heavy (non-hydrogen) atoms. The van der Waals surface area contributed by atoms with Gasteiger partial charge in [0, 0.05) is 10.6 Å². The van der Waals surface area contributed by atoms with Gasteiger partial charge in [-0.1, -0.05) is 41.9 Å². The second-order valence-corrected chi connectivity index (χ2v) is 6.61. The molecular weight excluding hydrogens is 324 g/mol. The summed E-state index contributed by atoms with van der Waals surface area (Å²) in [5, 5.41) is 0.639. The van der Waals surface area contributed by atoms with Crippen molar-refractivity contribution < 1.29 is 9.53 Å². The smallest absolute Gasteiger partial charge is 0.237 e. The highest BCUT2D eigenvalue weighted by Crippen LogP contribution is 2.38. The van der Waals surface area contributed by atoms with E-state index in [9.17, 15) is 4.79 Å². The summed E-state index contributed by atoms with van der Waals surface area (Å²) >= 11 is 6.23. The van der Waals surface area contributed by atoms with Crippen molar-refractivity contribution in [2.45, 2.75) is 6.04 Å². The van der Waals surface area contributed by atoms with Crippen LogP contribution in [0.4, 0.5) is 0 Å². The average molecular weight is 345 g/mol. The topological polar surface area (TPSA) is 32.8 Å². The highest BCUT2D eigenvalue weighted by molar-refractivity contribution is 6.30. The van der Waals surface area contributed by atoms with E-state index in [0.717, 1.165) is 16.9 Å². The molecule has 4 nitrogen and oxygen atoms in total. The molecule has 0 saturated carbocycles. The summed E-state index contributed by atoms with van der Waals surface area (Å²) in [5.41, 5.74) is 1.98. The van der Waals surface area contributed by atoms with E-state index in [4.69, 9.17) is 16.3 Å². The first kappa shape index (κ1) is 16.8. The van der Waals surface area contributed by atoms with Crippen molar-refractivity contribution in [3.63, 3.8) is 0 Å². The van der Waals surface area contributed by atoms with Crippen LogP contribution in [-0.2, 0) is 4.79 Å². The van der Waals surface area contributed by atoms with Gasteiger partial charge in [-0.05, 0) is 37.9 Å². The molecule has 1 heterocycles. The van der Waals surface area contributed by atoms with E-state index in [1.165, 1.54) is 0 Å². The molecule has 1 aliphatic rings. The Morgan fingerprint density at radius 2 is 2.00 bits per heavy atom. The van der Waals surface area contributed by atoms with E-state index < -0.39 is 0 Å². The fraction of sp³-hybridized carbons (Fsp3) is 0.316. The van der Waals surface area contributed by atoms with Crippen molar-refractivity contribution in [2.24, 2.45) is 0 Å². The Balaban J connectivity index is 2.09. The Morgan fingerprint density at radius 1 is 1.25 bits per heavy atom. The summed E-state index contributed by atoms with van der Waals surface area (Å²) in [6.07, 6.45) is 0. The number of ether oxygens (including phenoxy) is 1. The number of fused-ring (bicyclic) bond motifs is 1. The molecule has 0 radical (unpaired) electrons. The lowest BCUT2D eigenvalue weighted by atomic mass is 9.96. The molecule has 0 spiro atoms. The Labute approximate surface area is 147 Å².